The number of hydrogen-bond donors (Lipinski definition) is 0. The summed E-state index contributed by atoms with van der Waals surface area (Å²) in [5.41, 5.74) is 1.46. The van der Waals surface area contributed by atoms with Crippen LogP contribution in [0.5, 0.6) is 0 Å². The molecule has 0 bridgehead atoms. The fraction of sp³-hybridized carbons (Fsp3) is 0.182. The molecule has 76 valence electrons. The maximum atomic E-state index is 2.21. The predicted molar refractivity (Wildman–Crippen MR) is 79.7 cm³/mol. The molecule has 3 heteroatoms. The second-order valence-electron chi connectivity index (χ2n) is 2.80. The van der Waals surface area contributed by atoms with Crippen LogP contribution in [0.1, 0.15) is 12.5 Å². The zero-order valence-electron chi connectivity index (χ0n) is 7.99. The summed E-state index contributed by atoms with van der Waals surface area (Å²) in [6, 6.07) is 12.9. The van der Waals surface area contributed by atoms with E-state index in [4.69, 9.17) is 0 Å². The second-order valence-corrected chi connectivity index (χ2v) is 2.80. The summed E-state index contributed by atoms with van der Waals surface area (Å²) < 4.78 is 0. The van der Waals surface area contributed by atoms with Crippen molar-refractivity contribution in [1.82, 2.24) is 0 Å². The molecule has 0 aliphatic rings. The largest absolute Gasteiger partial charge is 0.168 e. The van der Waals surface area contributed by atoms with Gasteiger partial charge in [0.15, 0.2) is 0 Å². The van der Waals surface area contributed by atoms with Crippen molar-refractivity contribution in [3.63, 3.8) is 0 Å². The van der Waals surface area contributed by atoms with Crippen LogP contribution in [0, 0.1) is 0 Å². The van der Waals surface area contributed by atoms with Gasteiger partial charge in [-0.1, -0.05) is 19.4 Å². The van der Waals surface area contributed by atoms with E-state index < -0.39 is 0 Å². The average molecular weight is 447 g/mol. The molecule has 2 aromatic carbocycles. The zero-order chi connectivity index (χ0) is 7.68. The van der Waals surface area contributed by atoms with Gasteiger partial charge in [-0.15, -0.1) is 88.6 Å². The predicted octanol–water partition coefficient (Wildman–Crippen LogP) is 4.35. The Bertz CT molecular complexity index is 368. The van der Waals surface area contributed by atoms with E-state index >= 15 is 0 Å². The minimum atomic E-state index is 0. The van der Waals surface area contributed by atoms with Crippen LogP contribution in [0.3, 0.4) is 0 Å². The summed E-state index contributed by atoms with van der Waals surface area (Å²) in [7, 11) is 0. The van der Waals surface area contributed by atoms with Crippen molar-refractivity contribution in [3.05, 3.63) is 42.0 Å². The van der Waals surface area contributed by atoms with Crippen LogP contribution >= 0.6 is 48.0 Å². The van der Waals surface area contributed by atoms with Gasteiger partial charge in [0.05, 0.1) is 0 Å². The van der Waals surface area contributed by atoms with Gasteiger partial charge in [-0.25, -0.2) is 0 Å². The summed E-state index contributed by atoms with van der Waals surface area (Å²) in [5, 5.41) is 2.78. The van der Waals surface area contributed by atoms with Crippen LogP contribution in [0.4, 0.5) is 0 Å². The van der Waals surface area contributed by atoms with Gasteiger partial charge < -0.3 is 0 Å². The van der Waals surface area contributed by atoms with Gasteiger partial charge in [-0.2, -0.15) is 6.07 Å². The molecule has 0 N–H and O–H groups in total. The maximum absolute atomic E-state index is 2.21. The van der Waals surface area contributed by atoms with Crippen LogP contribution in [-0.4, -0.2) is 0 Å². The second kappa shape index (κ2) is 8.19. The van der Waals surface area contributed by atoms with Gasteiger partial charge in [0.2, 0.25) is 0 Å². The third-order valence-corrected chi connectivity index (χ3v) is 2.15. The third-order valence-electron chi connectivity index (χ3n) is 2.15. The Labute approximate surface area is 134 Å². The van der Waals surface area contributed by atoms with E-state index in [1.54, 1.807) is 0 Å². The SMILES string of the molecule is CC[c-]1ccc2ccccc21.I.I.[Ti]. The van der Waals surface area contributed by atoms with Gasteiger partial charge >= 0.3 is 0 Å². The minimum absolute atomic E-state index is 0. The Balaban J connectivity index is 0. The third kappa shape index (κ3) is 3.54. The zero-order valence-corrected chi connectivity index (χ0v) is 14.2. The van der Waals surface area contributed by atoms with Gasteiger partial charge in [-0.05, 0) is 0 Å². The molecule has 0 atom stereocenters. The monoisotopic (exact) mass is 447 g/mol. The van der Waals surface area contributed by atoms with E-state index in [2.05, 4.69) is 43.3 Å². The first-order valence-corrected chi connectivity index (χ1v) is 4.05. The summed E-state index contributed by atoms with van der Waals surface area (Å²) in [6.45, 7) is 2.20. The fourth-order valence-electron chi connectivity index (χ4n) is 1.52. The molecule has 0 aliphatic heterocycles. The fourth-order valence-corrected chi connectivity index (χ4v) is 1.52. The molecule has 0 heterocycles. The van der Waals surface area contributed by atoms with E-state index in [0.717, 1.165) is 6.42 Å². The van der Waals surface area contributed by atoms with E-state index in [-0.39, 0.29) is 69.7 Å². The molecule has 0 aliphatic carbocycles. The number of aryl methyl sites for hydroxylation is 1. The molecule has 0 fully saturated rings. The Morgan fingerprint density at radius 3 is 2.36 bits per heavy atom. The molecular formula is C11H13I2Ti-. The first-order valence-electron chi connectivity index (χ1n) is 4.05. The van der Waals surface area contributed by atoms with Crippen LogP contribution in [0.25, 0.3) is 10.8 Å². The van der Waals surface area contributed by atoms with Crippen molar-refractivity contribution in [3.8, 4) is 0 Å². The molecule has 0 nitrogen and oxygen atoms in total. The van der Waals surface area contributed by atoms with Crippen molar-refractivity contribution in [2.45, 2.75) is 13.3 Å². The van der Waals surface area contributed by atoms with Crippen LogP contribution in [-0.2, 0) is 28.1 Å². The Morgan fingerprint density at radius 2 is 1.71 bits per heavy atom. The van der Waals surface area contributed by atoms with Crippen LogP contribution in [0.15, 0.2) is 36.4 Å². The Kier molecular flexibility index (Phi) is 10.2. The van der Waals surface area contributed by atoms with E-state index in [0.29, 0.717) is 0 Å². The normalized spacial score (nSPS) is 8.36. The number of fused-ring (bicyclic) bond motifs is 1. The minimum Gasteiger partial charge on any atom is -0.168 e. The Morgan fingerprint density at radius 1 is 1.07 bits per heavy atom. The van der Waals surface area contributed by atoms with Crippen molar-refractivity contribution >= 4 is 58.7 Å². The van der Waals surface area contributed by atoms with E-state index in [9.17, 15) is 0 Å². The molecule has 0 unspecified atom stereocenters. The molecule has 0 saturated heterocycles. The van der Waals surface area contributed by atoms with Gasteiger partial charge in [0, 0.05) is 21.7 Å². The van der Waals surface area contributed by atoms with Crippen LogP contribution in [0.2, 0.25) is 0 Å². The molecule has 2 rings (SSSR count). The summed E-state index contributed by atoms with van der Waals surface area (Å²) >= 11 is 0. The Hall–Kier alpha value is 1.00. The summed E-state index contributed by atoms with van der Waals surface area (Å²) in [6.07, 6.45) is 1.13. The van der Waals surface area contributed by atoms with E-state index in [1.807, 2.05) is 0 Å². The molecule has 0 amide bonds. The topological polar surface area (TPSA) is 0 Å². The smallest absolute Gasteiger partial charge is 0 e. The molecule has 2 aromatic rings. The van der Waals surface area contributed by atoms with E-state index in [1.165, 1.54) is 16.3 Å². The van der Waals surface area contributed by atoms with Crippen molar-refractivity contribution < 1.29 is 21.7 Å². The van der Waals surface area contributed by atoms with Gasteiger partial charge in [0.1, 0.15) is 0 Å². The number of benzene rings is 1. The maximum Gasteiger partial charge on any atom is 0 e. The first kappa shape index (κ1) is 17.4. The van der Waals surface area contributed by atoms with Crippen molar-refractivity contribution in [1.29, 1.82) is 0 Å². The molecule has 0 spiro atoms. The van der Waals surface area contributed by atoms with Gasteiger partial charge in [0.25, 0.3) is 0 Å². The molecular weight excluding hydrogens is 434 g/mol. The van der Waals surface area contributed by atoms with Crippen molar-refractivity contribution in [2.24, 2.45) is 0 Å². The number of rotatable bonds is 1. The number of halogens is 2. The molecule has 14 heavy (non-hydrogen) atoms. The quantitative estimate of drug-likeness (QED) is 0.347. The first-order chi connectivity index (χ1) is 5.42. The van der Waals surface area contributed by atoms with Gasteiger partial charge in [-0.3, -0.25) is 0 Å². The molecule has 0 saturated carbocycles. The standard InChI is InChI=1S/C11H11.2HI.Ti/c1-2-9-7-8-10-5-3-4-6-11(9)10;;;/h3-8H,2H2,1H3;2*1H;/q-1;;;. The average Bonchev–Trinajstić information content (AvgIpc) is 2.47. The summed E-state index contributed by atoms with van der Waals surface area (Å²) in [5.74, 6) is 0. The summed E-state index contributed by atoms with van der Waals surface area (Å²) in [4.78, 5) is 0. The molecule has 0 radical (unpaired) electrons. The molecule has 0 aromatic heterocycles. The number of hydrogen-bond acceptors (Lipinski definition) is 0. The van der Waals surface area contributed by atoms with Crippen molar-refractivity contribution in [2.75, 3.05) is 0 Å². The van der Waals surface area contributed by atoms with Crippen LogP contribution < -0.4 is 0 Å².